The molecule has 0 saturated carbocycles. The molecule has 1 saturated heterocycles. The fraction of sp³-hybridized carbons (Fsp3) is 0.333. The molecule has 0 aliphatic carbocycles. The highest BCUT2D eigenvalue weighted by Crippen LogP contribution is 2.37. The van der Waals surface area contributed by atoms with Crippen LogP contribution < -0.4 is 0 Å². The Bertz CT molecular complexity index is 978. The van der Waals surface area contributed by atoms with Gasteiger partial charge in [0, 0.05) is 11.1 Å². The lowest BCUT2D eigenvalue weighted by Gasteiger charge is -2.33. The van der Waals surface area contributed by atoms with E-state index in [1.54, 1.807) is 60.7 Å². The van der Waals surface area contributed by atoms with Crippen LogP contribution in [0.2, 0.25) is 0 Å². The molecule has 2 amide bonds. The molecule has 168 valence electrons. The van der Waals surface area contributed by atoms with Crippen LogP contribution in [0.25, 0.3) is 0 Å². The Morgan fingerprint density at radius 1 is 0.750 bits per heavy atom. The van der Waals surface area contributed by atoms with Gasteiger partial charge in [-0.25, -0.2) is 14.8 Å². The summed E-state index contributed by atoms with van der Waals surface area (Å²) in [5.74, 6) is -3.65. The molecule has 2 aromatic rings. The summed E-state index contributed by atoms with van der Waals surface area (Å²) < 4.78 is 9.94. The van der Waals surface area contributed by atoms with Gasteiger partial charge in [0.2, 0.25) is 0 Å². The van der Waals surface area contributed by atoms with E-state index in [9.17, 15) is 19.2 Å². The molecular weight excluding hydrogens is 412 g/mol. The second-order valence-corrected chi connectivity index (χ2v) is 7.40. The van der Waals surface area contributed by atoms with Crippen LogP contribution in [0.3, 0.4) is 0 Å². The molecule has 0 radical (unpaired) electrons. The topological polar surface area (TPSA) is 93.2 Å². The minimum atomic E-state index is -1.34. The van der Waals surface area contributed by atoms with E-state index in [0.717, 1.165) is 5.01 Å². The van der Waals surface area contributed by atoms with Crippen molar-refractivity contribution in [3.63, 3.8) is 0 Å². The van der Waals surface area contributed by atoms with E-state index in [4.69, 9.17) is 9.47 Å². The molecule has 0 spiro atoms. The highest BCUT2D eigenvalue weighted by atomic mass is 16.5. The summed E-state index contributed by atoms with van der Waals surface area (Å²) in [7, 11) is 2.39. The summed E-state index contributed by atoms with van der Waals surface area (Å²) in [6.45, 7) is 1.90. The molecule has 0 aromatic heterocycles. The minimum absolute atomic E-state index is 0.271. The highest BCUT2D eigenvalue weighted by Gasteiger charge is 2.58. The van der Waals surface area contributed by atoms with Crippen LogP contribution in [0.5, 0.6) is 0 Å². The maximum absolute atomic E-state index is 13.6. The molecule has 0 N–H and O–H groups in total. The van der Waals surface area contributed by atoms with Gasteiger partial charge in [0.15, 0.2) is 6.04 Å². The lowest BCUT2D eigenvalue weighted by molar-refractivity contribution is -0.155. The Morgan fingerprint density at radius 2 is 1.22 bits per heavy atom. The average molecular weight is 438 g/mol. The van der Waals surface area contributed by atoms with E-state index in [-0.39, 0.29) is 5.56 Å². The molecule has 1 heterocycles. The zero-order valence-corrected chi connectivity index (χ0v) is 18.3. The predicted octanol–water partition coefficient (Wildman–Crippen LogP) is 2.70. The smallest absolute Gasteiger partial charge is 0.331 e. The van der Waals surface area contributed by atoms with Gasteiger partial charge in [-0.3, -0.25) is 14.4 Å². The van der Waals surface area contributed by atoms with E-state index in [2.05, 4.69) is 0 Å². The van der Waals surface area contributed by atoms with Gasteiger partial charge < -0.3 is 9.47 Å². The quantitative estimate of drug-likeness (QED) is 0.644. The number of nitrogens with zero attached hydrogens (tertiary/aromatic N) is 2. The minimum Gasteiger partial charge on any atom is -0.469 e. The summed E-state index contributed by atoms with van der Waals surface area (Å²) in [5, 5.41) is 2.30. The van der Waals surface area contributed by atoms with E-state index in [1.807, 2.05) is 6.92 Å². The lowest BCUT2D eigenvalue weighted by Crippen LogP contribution is -2.52. The van der Waals surface area contributed by atoms with Crippen molar-refractivity contribution in [3.05, 3.63) is 71.8 Å². The van der Waals surface area contributed by atoms with Gasteiger partial charge in [-0.1, -0.05) is 49.7 Å². The number of ether oxygens (including phenoxy) is 2. The Balaban J connectivity index is 2.21. The molecule has 3 atom stereocenters. The number of methoxy groups -OCH3 is 2. The van der Waals surface area contributed by atoms with Gasteiger partial charge in [-0.15, -0.1) is 0 Å². The Labute approximate surface area is 186 Å². The third-order valence-corrected chi connectivity index (χ3v) is 5.52. The van der Waals surface area contributed by atoms with Crippen molar-refractivity contribution in [1.29, 1.82) is 0 Å². The van der Waals surface area contributed by atoms with Crippen molar-refractivity contribution < 1.29 is 28.7 Å². The number of carbonyl (C=O) groups is 4. The first-order chi connectivity index (χ1) is 15.5. The second-order valence-electron chi connectivity index (χ2n) is 7.40. The molecule has 1 aliphatic heterocycles. The number of carbonyl (C=O) groups excluding carboxylic acids is 4. The average Bonchev–Trinajstić information content (AvgIpc) is 3.18. The van der Waals surface area contributed by atoms with Crippen molar-refractivity contribution in [2.75, 3.05) is 14.2 Å². The first-order valence-corrected chi connectivity index (χ1v) is 10.4. The van der Waals surface area contributed by atoms with Crippen LogP contribution in [0.4, 0.5) is 0 Å². The molecule has 8 nitrogen and oxygen atoms in total. The fourth-order valence-electron chi connectivity index (χ4n) is 4.09. The maximum Gasteiger partial charge on any atom is 0.331 e. The van der Waals surface area contributed by atoms with Gasteiger partial charge in [0.25, 0.3) is 11.8 Å². The normalized spacial score (nSPS) is 20.0. The maximum atomic E-state index is 13.6. The summed E-state index contributed by atoms with van der Waals surface area (Å²) in [5.41, 5.74) is 0.599. The van der Waals surface area contributed by atoms with Gasteiger partial charge in [-0.2, -0.15) is 0 Å². The fourth-order valence-corrected chi connectivity index (χ4v) is 4.09. The Morgan fingerprint density at radius 3 is 1.66 bits per heavy atom. The van der Waals surface area contributed by atoms with Crippen LogP contribution in [0.1, 0.15) is 40.5 Å². The first-order valence-electron chi connectivity index (χ1n) is 10.4. The summed E-state index contributed by atoms with van der Waals surface area (Å²) in [6.07, 6.45) is 0.988. The number of esters is 2. The molecule has 32 heavy (non-hydrogen) atoms. The van der Waals surface area contributed by atoms with Gasteiger partial charge in [-0.05, 0) is 30.7 Å². The van der Waals surface area contributed by atoms with Crippen LogP contribution in [-0.4, -0.2) is 60.1 Å². The monoisotopic (exact) mass is 438 g/mol. The highest BCUT2D eigenvalue weighted by molar-refractivity contribution is 6.03. The van der Waals surface area contributed by atoms with E-state index in [0.29, 0.717) is 18.4 Å². The van der Waals surface area contributed by atoms with Crippen LogP contribution >= 0.6 is 0 Å². The zero-order chi connectivity index (χ0) is 23.3. The SMILES string of the molecule is CCC[C@H]1[C@H](C(=O)OC)[C@H](C(=O)OC)N(C(=O)c2ccccc2)N1C(=O)c1ccccc1. The number of hydrogen-bond acceptors (Lipinski definition) is 6. The third-order valence-electron chi connectivity index (χ3n) is 5.52. The second kappa shape index (κ2) is 10.1. The molecule has 3 rings (SSSR count). The lowest BCUT2D eigenvalue weighted by atomic mass is 9.90. The summed E-state index contributed by atoms with van der Waals surface area (Å²) in [6, 6.07) is 14.6. The summed E-state index contributed by atoms with van der Waals surface area (Å²) in [4.78, 5) is 52.9. The number of amides is 2. The molecule has 1 aliphatic rings. The van der Waals surface area contributed by atoms with Crippen molar-refractivity contribution in [3.8, 4) is 0 Å². The van der Waals surface area contributed by atoms with Crippen molar-refractivity contribution in [1.82, 2.24) is 10.0 Å². The molecule has 2 aromatic carbocycles. The molecule has 8 heteroatoms. The van der Waals surface area contributed by atoms with Gasteiger partial charge >= 0.3 is 11.9 Å². The molecular formula is C24H26N2O6. The third kappa shape index (κ3) is 4.21. The van der Waals surface area contributed by atoms with Crippen LogP contribution in [-0.2, 0) is 19.1 Å². The van der Waals surface area contributed by atoms with Crippen LogP contribution in [0, 0.1) is 5.92 Å². The van der Waals surface area contributed by atoms with Crippen molar-refractivity contribution in [2.24, 2.45) is 5.92 Å². The van der Waals surface area contributed by atoms with Gasteiger partial charge in [0.1, 0.15) is 5.92 Å². The van der Waals surface area contributed by atoms with E-state index in [1.165, 1.54) is 19.2 Å². The number of hydrazine groups is 1. The van der Waals surface area contributed by atoms with Crippen molar-refractivity contribution in [2.45, 2.75) is 31.8 Å². The molecule has 0 unspecified atom stereocenters. The molecule has 1 fully saturated rings. The predicted molar refractivity (Wildman–Crippen MR) is 115 cm³/mol. The largest absolute Gasteiger partial charge is 0.469 e. The standard InChI is InChI=1S/C24H26N2O6/c1-4-11-18-19(23(29)31-2)20(24(30)32-3)26(22(28)17-14-9-6-10-15-17)25(18)21(27)16-12-7-5-8-13-16/h5-10,12-15,18-20H,4,11H2,1-3H3/t18-,19-,20+/m0/s1. The Kier molecular flexibility index (Phi) is 7.25. The van der Waals surface area contributed by atoms with Crippen LogP contribution in [0.15, 0.2) is 60.7 Å². The van der Waals surface area contributed by atoms with E-state index < -0.39 is 41.8 Å². The van der Waals surface area contributed by atoms with Gasteiger partial charge in [0.05, 0.1) is 20.3 Å². The molecule has 0 bridgehead atoms. The number of rotatable bonds is 6. The zero-order valence-electron chi connectivity index (χ0n) is 18.3. The summed E-state index contributed by atoms with van der Waals surface area (Å²) >= 11 is 0. The van der Waals surface area contributed by atoms with Crippen molar-refractivity contribution >= 4 is 23.8 Å². The Hall–Kier alpha value is -3.68. The number of benzene rings is 2. The number of hydrogen-bond donors (Lipinski definition) is 0. The van der Waals surface area contributed by atoms with E-state index >= 15 is 0 Å². The first kappa shape index (κ1) is 23.0.